The van der Waals surface area contributed by atoms with Crippen LogP contribution in [0.5, 0.6) is 0 Å². The van der Waals surface area contributed by atoms with Crippen LogP contribution >= 0.6 is 11.3 Å². The summed E-state index contributed by atoms with van der Waals surface area (Å²) in [6, 6.07) is -1.19. The van der Waals surface area contributed by atoms with Crippen LogP contribution in [0.1, 0.15) is 52.5 Å². The molecule has 1 aliphatic rings. The van der Waals surface area contributed by atoms with Crippen molar-refractivity contribution in [1.29, 1.82) is 0 Å². The predicted molar refractivity (Wildman–Crippen MR) is 115 cm³/mol. The number of hydrogen-bond donors (Lipinski definition) is 2. The number of rotatable bonds is 7. The maximum atomic E-state index is 12.7. The second-order valence-corrected chi connectivity index (χ2v) is 9.96. The Bertz CT molecular complexity index is 895. The van der Waals surface area contributed by atoms with Gasteiger partial charge in [-0.25, -0.2) is 4.79 Å². The number of alkyl halides is 3. The van der Waals surface area contributed by atoms with E-state index < -0.39 is 40.9 Å². The van der Waals surface area contributed by atoms with E-state index in [-0.39, 0.29) is 28.3 Å². The average molecular weight is 492 g/mol. The molecule has 2 atom stereocenters. The van der Waals surface area contributed by atoms with Gasteiger partial charge in [0.15, 0.2) is 0 Å². The van der Waals surface area contributed by atoms with E-state index in [9.17, 15) is 27.6 Å². The first-order valence-corrected chi connectivity index (χ1v) is 11.2. The molecule has 0 radical (unpaired) electrons. The second kappa shape index (κ2) is 10.5. The van der Waals surface area contributed by atoms with Crippen molar-refractivity contribution in [2.24, 2.45) is 5.92 Å². The fourth-order valence-corrected chi connectivity index (χ4v) is 3.52. The van der Waals surface area contributed by atoms with E-state index in [2.05, 4.69) is 20.8 Å². The molecular weight excluding hydrogens is 463 g/mol. The van der Waals surface area contributed by atoms with E-state index in [1.807, 2.05) is 13.8 Å². The zero-order chi connectivity index (χ0) is 25.0. The van der Waals surface area contributed by atoms with Crippen molar-refractivity contribution in [3.8, 4) is 0 Å². The van der Waals surface area contributed by atoms with Gasteiger partial charge in [0.1, 0.15) is 11.6 Å². The van der Waals surface area contributed by atoms with Gasteiger partial charge < -0.3 is 10.1 Å². The molecule has 1 aromatic heterocycles. The van der Waals surface area contributed by atoms with Crippen LogP contribution in [0, 0.1) is 5.92 Å². The third-order valence-electron chi connectivity index (χ3n) is 4.38. The number of hydrogen-bond acceptors (Lipinski definition) is 7. The molecule has 2 rings (SSSR count). The van der Waals surface area contributed by atoms with Gasteiger partial charge in [-0.15, -0.1) is 10.2 Å². The van der Waals surface area contributed by atoms with Gasteiger partial charge in [0.25, 0.3) is 0 Å². The lowest BCUT2D eigenvalue weighted by atomic mass is 10.00. The Morgan fingerprint density at radius 2 is 1.91 bits per heavy atom. The maximum absolute atomic E-state index is 12.7. The fraction of sp³-hybridized carbons (Fsp3) is 0.650. The van der Waals surface area contributed by atoms with Crippen LogP contribution < -0.4 is 10.6 Å². The largest absolute Gasteiger partial charge is 0.445 e. The van der Waals surface area contributed by atoms with Gasteiger partial charge >= 0.3 is 12.3 Å². The molecule has 2 N–H and O–H groups in total. The van der Waals surface area contributed by atoms with Gasteiger partial charge in [-0.3, -0.25) is 19.8 Å². The molecule has 2 heterocycles. The highest BCUT2D eigenvalue weighted by Gasteiger charge is 2.40. The highest BCUT2D eigenvalue weighted by molar-refractivity contribution is 7.15. The molecule has 1 saturated heterocycles. The number of likely N-dealkylation sites (tertiary alicyclic amines) is 1. The van der Waals surface area contributed by atoms with E-state index in [1.54, 1.807) is 20.8 Å². The standard InChI is InChI=1S/C20H28F3N5O4S/c1-11(2)10-12(6-7-14(29)25-17-27-26-16(33-17)20(21,22)23)24-15(30)13-8-9-28(13)18(31)32-19(3,4)5/h6-7,11-13H,8-10H2,1-5H3,(H,24,30)(H,25,27,29)/b7-6+/t12-,13+/m1/s1. The van der Waals surface area contributed by atoms with Crippen molar-refractivity contribution in [3.05, 3.63) is 17.2 Å². The van der Waals surface area contributed by atoms with Crippen LogP contribution in [-0.2, 0) is 20.5 Å². The number of nitrogens with one attached hydrogen (secondary N) is 2. The van der Waals surface area contributed by atoms with Gasteiger partial charge in [0, 0.05) is 18.7 Å². The first-order valence-electron chi connectivity index (χ1n) is 10.4. The smallest absolute Gasteiger partial charge is 0.444 e. The molecule has 1 aromatic rings. The lowest BCUT2D eigenvalue weighted by molar-refractivity contribution is -0.138. The molecule has 13 heteroatoms. The van der Waals surface area contributed by atoms with E-state index >= 15 is 0 Å². The van der Waals surface area contributed by atoms with Crippen LogP contribution in [0.2, 0.25) is 0 Å². The zero-order valence-electron chi connectivity index (χ0n) is 19.0. The van der Waals surface area contributed by atoms with Crippen LogP contribution in [0.4, 0.5) is 23.1 Å². The van der Waals surface area contributed by atoms with Crippen molar-refractivity contribution >= 4 is 34.4 Å². The van der Waals surface area contributed by atoms with Crippen LogP contribution in [0.25, 0.3) is 0 Å². The Kier molecular flexibility index (Phi) is 8.44. The minimum Gasteiger partial charge on any atom is -0.444 e. The van der Waals surface area contributed by atoms with Crippen molar-refractivity contribution in [2.45, 2.75) is 71.3 Å². The number of nitrogens with zero attached hydrogens (tertiary/aromatic N) is 3. The Labute approximate surface area is 193 Å². The van der Waals surface area contributed by atoms with Crippen molar-refractivity contribution in [3.63, 3.8) is 0 Å². The fourth-order valence-electron chi connectivity index (χ4n) is 2.91. The molecule has 33 heavy (non-hydrogen) atoms. The van der Waals surface area contributed by atoms with Crippen LogP contribution in [-0.4, -0.2) is 57.2 Å². The number of carbonyl (C=O) groups is 3. The summed E-state index contributed by atoms with van der Waals surface area (Å²) in [6.45, 7) is 9.48. The summed E-state index contributed by atoms with van der Waals surface area (Å²) in [5.41, 5.74) is -0.683. The summed E-state index contributed by atoms with van der Waals surface area (Å²) >= 11 is 0.213. The SMILES string of the molecule is CC(C)C[C@@H](/C=C/C(=O)Nc1nnc(C(F)(F)F)s1)NC(=O)[C@@H]1CCN1C(=O)OC(C)(C)C. The van der Waals surface area contributed by atoms with E-state index in [4.69, 9.17) is 4.74 Å². The summed E-state index contributed by atoms with van der Waals surface area (Å²) in [7, 11) is 0. The highest BCUT2D eigenvalue weighted by Crippen LogP contribution is 2.33. The molecular formula is C20H28F3N5O4S. The molecule has 1 fully saturated rings. The summed E-state index contributed by atoms with van der Waals surface area (Å²) in [4.78, 5) is 38.4. The molecule has 9 nitrogen and oxygen atoms in total. The van der Waals surface area contributed by atoms with Crippen LogP contribution in [0.3, 0.4) is 0 Å². The maximum Gasteiger partial charge on any atom is 0.445 e. The molecule has 0 aromatic carbocycles. The highest BCUT2D eigenvalue weighted by atomic mass is 32.1. The van der Waals surface area contributed by atoms with Crippen molar-refractivity contribution < 1.29 is 32.3 Å². The molecule has 0 spiro atoms. The summed E-state index contributed by atoms with van der Waals surface area (Å²) in [6.07, 6.45) is -1.64. The van der Waals surface area contributed by atoms with Crippen molar-refractivity contribution in [1.82, 2.24) is 20.4 Å². The zero-order valence-corrected chi connectivity index (χ0v) is 19.8. The first kappa shape index (κ1) is 26.6. The van der Waals surface area contributed by atoms with Gasteiger partial charge in [-0.05, 0) is 39.5 Å². The lowest BCUT2D eigenvalue weighted by Crippen LogP contribution is -2.60. The summed E-state index contributed by atoms with van der Waals surface area (Å²) in [5.74, 6) is -0.910. The molecule has 0 saturated carbocycles. The molecule has 184 valence electrons. The minimum atomic E-state index is -4.64. The third kappa shape index (κ3) is 8.30. The number of aromatic nitrogens is 2. The topological polar surface area (TPSA) is 114 Å². The third-order valence-corrected chi connectivity index (χ3v) is 5.26. The minimum absolute atomic E-state index is 0.170. The molecule has 1 aliphatic heterocycles. The summed E-state index contributed by atoms with van der Waals surface area (Å²) in [5, 5.41) is 9.88. The predicted octanol–water partition coefficient (Wildman–Crippen LogP) is 3.59. The first-order chi connectivity index (χ1) is 15.2. The number of carbonyl (C=O) groups excluding carboxylic acids is 3. The quantitative estimate of drug-likeness (QED) is 0.564. The molecule has 0 aliphatic carbocycles. The lowest BCUT2D eigenvalue weighted by Gasteiger charge is -2.40. The van der Waals surface area contributed by atoms with E-state index in [1.165, 1.54) is 11.0 Å². The summed E-state index contributed by atoms with van der Waals surface area (Å²) < 4.78 is 43.1. The van der Waals surface area contributed by atoms with Crippen molar-refractivity contribution in [2.75, 3.05) is 11.9 Å². The molecule has 3 amide bonds. The van der Waals surface area contributed by atoms with Gasteiger partial charge in [-0.2, -0.15) is 13.2 Å². The van der Waals surface area contributed by atoms with Gasteiger partial charge in [0.05, 0.1) is 0 Å². The normalized spacial score (nSPS) is 17.6. The number of amides is 3. The van der Waals surface area contributed by atoms with E-state index in [0.29, 0.717) is 19.4 Å². The Hall–Kier alpha value is -2.70. The molecule has 0 unspecified atom stereocenters. The monoisotopic (exact) mass is 491 g/mol. The average Bonchev–Trinajstić information content (AvgIpc) is 3.05. The second-order valence-electron chi connectivity index (χ2n) is 8.98. The number of ether oxygens (including phenoxy) is 1. The number of anilines is 1. The van der Waals surface area contributed by atoms with Gasteiger partial charge in [0.2, 0.25) is 22.0 Å². The van der Waals surface area contributed by atoms with Gasteiger partial charge in [-0.1, -0.05) is 31.3 Å². The van der Waals surface area contributed by atoms with Crippen LogP contribution in [0.15, 0.2) is 12.2 Å². The Balaban J connectivity index is 1.97. The Morgan fingerprint density at radius 1 is 1.24 bits per heavy atom. The molecule has 0 bridgehead atoms. The number of halogens is 3. The van der Waals surface area contributed by atoms with E-state index in [0.717, 1.165) is 6.08 Å². The Morgan fingerprint density at radius 3 is 2.39 bits per heavy atom.